The molecule has 0 aliphatic rings. The van der Waals surface area contributed by atoms with E-state index in [0.717, 1.165) is 36.2 Å². The number of thioether (sulfide) groups is 1. The molecule has 0 radical (unpaired) electrons. The Labute approximate surface area is 117 Å². The molecule has 1 aromatic carbocycles. The lowest BCUT2D eigenvalue weighted by Crippen LogP contribution is -2.33. The van der Waals surface area contributed by atoms with E-state index < -0.39 is 0 Å². The Morgan fingerprint density at radius 3 is 3.00 bits per heavy atom. The summed E-state index contributed by atoms with van der Waals surface area (Å²) in [5, 5.41) is 13.3. The zero-order valence-corrected chi connectivity index (χ0v) is 11.9. The van der Waals surface area contributed by atoms with Crippen LogP contribution in [0.25, 0.3) is 11.1 Å². The monoisotopic (exact) mass is 280 g/mol. The molecule has 1 aromatic heterocycles. The van der Waals surface area contributed by atoms with Gasteiger partial charge >= 0.3 is 0 Å². The molecule has 4 nitrogen and oxygen atoms in total. The number of aliphatic hydroxyl groups is 1. The van der Waals surface area contributed by atoms with E-state index in [1.807, 2.05) is 24.3 Å². The van der Waals surface area contributed by atoms with E-state index in [1.54, 1.807) is 11.8 Å². The molecule has 0 saturated heterocycles. The highest BCUT2D eigenvalue weighted by Gasteiger charge is 2.09. The Kier molecular flexibility index (Phi) is 5.69. The van der Waals surface area contributed by atoms with Crippen LogP contribution in [0.4, 0.5) is 0 Å². The van der Waals surface area contributed by atoms with Crippen LogP contribution in [-0.2, 0) is 0 Å². The highest BCUT2D eigenvalue weighted by atomic mass is 32.2. The van der Waals surface area contributed by atoms with E-state index in [4.69, 9.17) is 4.42 Å². The van der Waals surface area contributed by atoms with Gasteiger partial charge in [-0.25, -0.2) is 4.98 Å². The van der Waals surface area contributed by atoms with Crippen molar-refractivity contribution in [3.63, 3.8) is 0 Å². The molecular formula is C14H20N2O2S. The second kappa shape index (κ2) is 7.53. The van der Waals surface area contributed by atoms with Crippen molar-refractivity contribution in [1.82, 2.24) is 10.3 Å². The van der Waals surface area contributed by atoms with Gasteiger partial charge in [0.1, 0.15) is 5.52 Å². The largest absolute Gasteiger partial charge is 0.431 e. The minimum Gasteiger partial charge on any atom is -0.431 e. The summed E-state index contributed by atoms with van der Waals surface area (Å²) in [6.07, 6.45) is 1.98. The maximum Gasteiger partial charge on any atom is 0.256 e. The van der Waals surface area contributed by atoms with Gasteiger partial charge in [-0.2, -0.15) is 0 Å². The van der Waals surface area contributed by atoms with E-state index >= 15 is 0 Å². The van der Waals surface area contributed by atoms with Crippen LogP contribution in [0.2, 0.25) is 0 Å². The lowest BCUT2D eigenvalue weighted by Gasteiger charge is -2.14. The minimum atomic E-state index is 0.164. The molecule has 0 saturated carbocycles. The maximum atomic E-state index is 9.25. The molecule has 2 rings (SSSR count). The second-order valence-corrected chi connectivity index (χ2v) is 5.46. The molecule has 104 valence electrons. The molecule has 0 fully saturated rings. The predicted molar refractivity (Wildman–Crippen MR) is 78.5 cm³/mol. The van der Waals surface area contributed by atoms with Crippen molar-refractivity contribution in [2.45, 2.75) is 31.0 Å². The van der Waals surface area contributed by atoms with Gasteiger partial charge in [0.2, 0.25) is 0 Å². The minimum absolute atomic E-state index is 0.164. The van der Waals surface area contributed by atoms with Crippen LogP contribution in [0, 0.1) is 0 Å². The van der Waals surface area contributed by atoms with Crippen molar-refractivity contribution in [3.8, 4) is 0 Å². The van der Waals surface area contributed by atoms with Crippen LogP contribution >= 0.6 is 11.8 Å². The van der Waals surface area contributed by atoms with Gasteiger partial charge < -0.3 is 14.8 Å². The smallest absolute Gasteiger partial charge is 0.256 e. The van der Waals surface area contributed by atoms with Gasteiger partial charge in [-0.15, -0.1) is 0 Å². The lowest BCUT2D eigenvalue weighted by molar-refractivity contribution is 0.240. The molecule has 5 heteroatoms. The number of aromatic nitrogens is 1. The molecule has 0 aliphatic heterocycles. The van der Waals surface area contributed by atoms with E-state index in [-0.39, 0.29) is 12.6 Å². The third-order valence-electron chi connectivity index (χ3n) is 2.87. The van der Waals surface area contributed by atoms with Gasteiger partial charge in [0.25, 0.3) is 5.22 Å². The second-order valence-electron chi connectivity index (χ2n) is 4.42. The van der Waals surface area contributed by atoms with Crippen molar-refractivity contribution in [2.24, 2.45) is 0 Å². The Morgan fingerprint density at radius 2 is 2.26 bits per heavy atom. The zero-order chi connectivity index (χ0) is 13.5. The van der Waals surface area contributed by atoms with Gasteiger partial charge in [-0.05, 0) is 31.5 Å². The SMILES string of the molecule is CCCNC(CO)CCSc1nc2ccccc2o1. The van der Waals surface area contributed by atoms with Crippen molar-refractivity contribution < 1.29 is 9.52 Å². The van der Waals surface area contributed by atoms with Crippen LogP contribution in [0.1, 0.15) is 19.8 Å². The maximum absolute atomic E-state index is 9.25. The van der Waals surface area contributed by atoms with Crippen LogP contribution < -0.4 is 5.32 Å². The molecular weight excluding hydrogens is 260 g/mol. The van der Waals surface area contributed by atoms with Gasteiger partial charge in [0.05, 0.1) is 6.61 Å². The summed E-state index contributed by atoms with van der Waals surface area (Å²) in [5.41, 5.74) is 1.72. The molecule has 0 spiro atoms. The third kappa shape index (κ3) is 4.23. The number of benzene rings is 1. The first kappa shape index (κ1) is 14.4. The van der Waals surface area contributed by atoms with Crippen molar-refractivity contribution in [2.75, 3.05) is 18.9 Å². The Morgan fingerprint density at radius 1 is 1.42 bits per heavy atom. The van der Waals surface area contributed by atoms with E-state index in [9.17, 15) is 5.11 Å². The highest BCUT2D eigenvalue weighted by molar-refractivity contribution is 7.99. The van der Waals surface area contributed by atoms with Crippen LogP contribution in [0.5, 0.6) is 0 Å². The van der Waals surface area contributed by atoms with Gasteiger partial charge in [0.15, 0.2) is 5.58 Å². The summed E-state index contributed by atoms with van der Waals surface area (Å²) < 4.78 is 5.63. The van der Waals surface area contributed by atoms with Crippen LogP contribution in [0.3, 0.4) is 0 Å². The fraction of sp³-hybridized carbons (Fsp3) is 0.500. The summed E-state index contributed by atoms with van der Waals surface area (Å²) in [6.45, 7) is 3.24. The van der Waals surface area contributed by atoms with Crippen molar-refractivity contribution in [1.29, 1.82) is 0 Å². The normalized spacial score (nSPS) is 12.9. The summed E-state index contributed by atoms with van der Waals surface area (Å²) >= 11 is 1.59. The van der Waals surface area contributed by atoms with Crippen molar-refractivity contribution in [3.05, 3.63) is 24.3 Å². The first-order chi connectivity index (χ1) is 9.33. The average Bonchev–Trinajstić information content (AvgIpc) is 2.85. The van der Waals surface area contributed by atoms with Gasteiger partial charge in [0, 0.05) is 11.8 Å². The number of aliphatic hydroxyl groups excluding tert-OH is 1. The molecule has 1 unspecified atom stereocenters. The van der Waals surface area contributed by atoms with E-state index in [2.05, 4.69) is 17.2 Å². The number of hydrogen-bond donors (Lipinski definition) is 2. The highest BCUT2D eigenvalue weighted by Crippen LogP contribution is 2.23. The molecule has 1 atom stereocenters. The quantitative estimate of drug-likeness (QED) is 0.728. The first-order valence-electron chi connectivity index (χ1n) is 6.66. The molecule has 1 heterocycles. The summed E-state index contributed by atoms with van der Waals surface area (Å²) in [7, 11) is 0. The van der Waals surface area contributed by atoms with E-state index in [1.165, 1.54) is 0 Å². The predicted octanol–water partition coefficient (Wildman–Crippen LogP) is 2.67. The van der Waals surface area contributed by atoms with Gasteiger partial charge in [-0.3, -0.25) is 0 Å². The van der Waals surface area contributed by atoms with Gasteiger partial charge in [-0.1, -0.05) is 30.8 Å². The fourth-order valence-electron chi connectivity index (χ4n) is 1.81. The lowest BCUT2D eigenvalue weighted by atomic mass is 10.2. The number of nitrogens with zero attached hydrogens (tertiary/aromatic N) is 1. The summed E-state index contributed by atoms with van der Waals surface area (Å²) in [5.74, 6) is 0.884. The summed E-state index contributed by atoms with van der Waals surface area (Å²) in [6, 6.07) is 7.93. The molecule has 0 amide bonds. The number of oxazole rings is 1. The first-order valence-corrected chi connectivity index (χ1v) is 7.64. The molecule has 2 aromatic rings. The Bertz CT molecular complexity index is 468. The zero-order valence-electron chi connectivity index (χ0n) is 11.1. The Balaban J connectivity index is 1.81. The molecule has 0 bridgehead atoms. The summed E-state index contributed by atoms with van der Waals surface area (Å²) in [4.78, 5) is 4.41. The van der Waals surface area contributed by atoms with E-state index in [0.29, 0.717) is 5.22 Å². The van der Waals surface area contributed by atoms with Crippen LogP contribution in [0.15, 0.2) is 33.9 Å². The standard InChI is InChI=1S/C14H20N2O2S/c1-2-8-15-11(10-17)7-9-19-14-16-12-5-3-4-6-13(12)18-14/h3-6,11,15,17H,2,7-10H2,1H3. The number of nitrogens with one attached hydrogen (secondary N) is 1. The number of hydrogen-bond acceptors (Lipinski definition) is 5. The fourth-order valence-corrected chi connectivity index (χ4v) is 2.70. The molecule has 2 N–H and O–H groups in total. The number of rotatable bonds is 8. The topological polar surface area (TPSA) is 58.3 Å². The van der Waals surface area contributed by atoms with Crippen molar-refractivity contribution >= 4 is 22.9 Å². The molecule has 0 aliphatic carbocycles. The van der Waals surface area contributed by atoms with Crippen LogP contribution in [-0.4, -0.2) is 35.0 Å². The average molecular weight is 280 g/mol. The Hall–Kier alpha value is -1.04. The number of fused-ring (bicyclic) bond motifs is 1. The molecule has 19 heavy (non-hydrogen) atoms. The third-order valence-corrected chi connectivity index (χ3v) is 3.73. The number of para-hydroxylation sites is 2.